The van der Waals surface area contributed by atoms with Gasteiger partial charge in [0, 0.05) is 36.9 Å². The highest BCUT2D eigenvalue weighted by atomic mass is 16.2. The van der Waals surface area contributed by atoms with Gasteiger partial charge in [0.1, 0.15) is 5.65 Å². The van der Waals surface area contributed by atoms with Gasteiger partial charge in [-0.25, -0.2) is 4.98 Å². The summed E-state index contributed by atoms with van der Waals surface area (Å²) in [5, 5.41) is 1.03. The molecule has 0 radical (unpaired) electrons. The molecule has 1 saturated heterocycles. The van der Waals surface area contributed by atoms with Crippen LogP contribution in [-0.4, -0.2) is 35.0 Å². The van der Waals surface area contributed by atoms with Crippen LogP contribution in [0.3, 0.4) is 0 Å². The fraction of sp³-hybridized carbons (Fsp3) is 0.333. The number of aromatic nitrogens is 2. The fourth-order valence-corrected chi connectivity index (χ4v) is 4.41. The molecular weight excluding hydrogens is 324 g/mol. The van der Waals surface area contributed by atoms with Crippen molar-refractivity contribution < 1.29 is 4.79 Å². The van der Waals surface area contributed by atoms with Crippen LogP contribution in [-0.2, 0) is 11.2 Å². The van der Waals surface area contributed by atoms with E-state index < -0.39 is 0 Å². The van der Waals surface area contributed by atoms with E-state index in [1.165, 1.54) is 18.5 Å². The number of aromatic amines is 1. The van der Waals surface area contributed by atoms with Crippen molar-refractivity contribution >= 4 is 28.3 Å². The summed E-state index contributed by atoms with van der Waals surface area (Å²) in [7, 11) is 0. The molecule has 1 fully saturated rings. The SMILES string of the molecule is O=C(Cc1c[nH]c2ncccc12)N1C[C@@H]2CCCCN2c2ccccc21. The van der Waals surface area contributed by atoms with E-state index in [2.05, 4.69) is 33.1 Å². The summed E-state index contributed by atoms with van der Waals surface area (Å²) < 4.78 is 0. The number of anilines is 2. The maximum Gasteiger partial charge on any atom is 0.231 e. The molecule has 26 heavy (non-hydrogen) atoms. The summed E-state index contributed by atoms with van der Waals surface area (Å²) in [5.41, 5.74) is 4.11. The number of piperidine rings is 1. The normalized spacial score (nSPS) is 19.3. The fourth-order valence-electron chi connectivity index (χ4n) is 4.41. The molecular formula is C21H22N4O. The van der Waals surface area contributed by atoms with Crippen LogP contribution in [0.15, 0.2) is 48.8 Å². The van der Waals surface area contributed by atoms with E-state index in [1.54, 1.807) is 6.20 Å². The Morgan fingerprint density at radius 2 is 2.04 bits per heavy atom. The van der Waals surface area contributed by atoms with E-state index in [1.807, 2.05) is 29.3 Å². The lowest BCUT2D eigenvalue weighted by Gasteiger charge is -2.46. The highest BCUT2D eigenvalue weighted by molar-refractivity contribution is 6.00. The summed E-state index contributed by atoms with van der Waals surface area (Å²) in [6, 6.07) is 12.7. The summed E-state index contributed by atoms with van der Waals surface area (Å²) in [4.78, 5) is 25.2. The zero-order valence-electron chi connectivity index (χ0n) is 14.7. The van der Waals surface area contributed by atoms with Gasteiger partial charge in [0.05, 0.1) is 17.8 Å². The Morgan fingerprint density at radius 3 is 2.96 bits per heavy atom. The van der Waals surface area contributed by atoms with Crippen molar-refractivity contribution in [3.8, 4) is 0 Å². The predicted octanol–water partition coefficient (Wildman–Crippen LogP) is 3.51. The molecule has 1 aromatic carbocycles. The van der Waals surface area contributed by atoms with Gasteiger partial charge in [-0.05, 0) is 49.1 Å². The molecule has 0 unspecified atom stereocenters. The highest BCUT2D eigenvalue weighted by Gasteiger charge is 2.34. The topological polar surface area (TPSA) is 52.2 Å². The number of pyridine rings is 1. The molecule has 2 aliphatic rings. The molecule has 0 bridgehead atoms. The van der Waals surface area contributed by atoms with E-state index in [-0.39, 0.29) is 5.91 Å². The van der Waals surface area contributed by atoms with E-state index in [0.29, 0.717) is 12.5 Å². The van der Waals surface area contributed by atoms with Crippen molar-refractivity contribution in [3.63, 3.8) is 0 Å². The second-order valence-corrected chi connectivity index (χ2v) is 7.23. The molecule has 132 valence electrons. The van der Waals surface area contributed by atoms with Crippen molar-refractivity contribution in [1.29, 1.82) is 0 Å². The number of nitrogens with zero attached hydrogens (tertiary/aromatic N) is 3. The van der Waals surface area contributed by atoms with Crippen LogP contribution in [0.5, 0.6) is 0 Å². The second-order valence-electron chi connectivity index (χ2n) is 7.23. The number of hydrogen-bond donors (Lipinski definition) is 1. The summed E-state index contributed by atoms with van der Waals surface area (Å²) in [5.74, 6) is 0.160. The lowest BCUT2D eigenvalue weighted by molar-refractivity contribution is -0.118. The number of carbonyl (C=O) groups is 1. The molecule has 1 N–H and O–H groups in total. The lowest BCUT2D eigenvalue weighted by Crippen LogP contribution is -2.53. The van der Waals surface area contributed by atoms with Gasteiger partial charge in [-0.2, -0.15) is 0 Å². The number of nitrogens with one attached hydrogen (secondary N) is 1. The average Bonchev–Trinajstić information content (AvgIpc) is 3.10. The third-order valence-electron chi connectivity index (χ3n) is 5.68. The number of amides is 1. The summed E-state index contributed by atoms with van der Waals surface area (Å²) in [6.07, 6.45) is 7.73. The molecule has 5 nitrogen and oxygen atoms in total. The molecule has 0 saturated carbocycles. The predicted molar refractivity (Wildman–Crippen MR) is 104 cm³/mol. The Kier molecular flexibility index (Phi) is 3.66. The Balaban J connectivity index is 1.48. The minimum Gasteiger partial charge on any atom is -0.365 e. The van der Waals surface area contributed by atoms with Crippen LogP contribution in [0.4, 0.5) is 11.4 Å². The van der Waals surface area contributed by atoms with E-state index in [4.69, 9.17) is 0 Å². The Morgan fingerprint density at radius 1 is 1.15 bits per heavy atom. The van der Waals surface area contributed by atoms with Gasteiger partial charge >= 0.3 is 0 Å². The third kappa shape index (κ3) is 2.46. The zero-order chi connectivity index (χ0) is 17.5. The Bertz CT molecular complexity index is 963. The van der Waals surface area contributed by atoms with Gasteiger partial charge in [0.25, 0.3) is 0 Å². The Labute approximate surface area is 152 Å². The zero-order valence-corrected chi connectivity index (χ0v) is 14.7. The molecule has 0 spiro atoms. The third-order valence-corrected chi connectivity index (χ3v) is 5.68. The van der Waals surface area contributed by atoms with Gasteiger partial charge in [0.15, 0.2) is 0 Å². The first kappa shape index (κ1) is 15.4. The van der Waals surface area contributed by atoms with Gasteiger partial charge in [-0.1, -0.05) is 12.1 Å². The summed E-state index contributed by atoms with van der Waals surface area (Å²) >= 11 is 0. The largest absolute Gasteiger partial charge is 0.365 e. The maximum atomic E-state index is 13.2. The molecule has 3 aromatic rings. The first-order valence-corrected chi connectivity index (χ1v) is 9.38. The van der Waals surface area contributed by atoms with Crippen LogP contribution in [0.1, 0.15) is 24.8 Å². The van der Waals surface area contributed by atoms with Crippen molar-refractivity contribution in [1.82, 2.24) is 9.97 Å². The highest BCUT2D eigenvalue weighted by Crippen LogP contribution is 2.38. The monoisotopic (exact) mass is 346 g/mol. The quantitative estimate of drug-likeness (QED) is 0.772. The van der Waals surface area contributed by atoms with Crippen LogP contribution < -0.4 is 9.80 Å². The van der Waals surface area contributed by atoms with Crippen LogP contribution in [0.2, 0.25) is 0 Å². The number of carbonyl (C=O) groups excluding carboxylic acids is 1. The number of hydrogen-bond acceptors (Lipinski definition) is 3. The van der Waals surface area contributed by atoms with E-state index in [0.717, 1.165) is 41.8 Å². The minimum atomic E-state index is 0.160. The standard InChI is InChI=1S/C21H22N4O/c26-20(12-15-13-23-21-17(15)7-5-10-22-21)25-14-16-6-3-4-11-24(16)18-8-1-2-9-19(18)25/h1-2,5,7-10,13,16H,3-4,6,11-12,14H2,(H,22,23)/t16-/m0/s1. The Hall–Kier alpha value is -2.82. The molecule has 1 amide bonds. The molecule has 5 heteroatoms. The van der Waals surface area contributed by atoms with Crippen molar-refractivity contribution in [2.75, 3.05) is 22.9 Å². The number of para-hydroxylation sites is 2. The van der Waals surface area contributed by atoms with Crippen molar-refractivity contribution in [2.24, 2.45) is 0 Å². The number of benzene rings is 1. The van der Waals surface area contributed by atoms with Crippen molar-refractivity contribution in [2.45, 2.75) is 31.7 Å². The van der Waals surface area contributed by atoms with Gasteiger partial charge < -0.3 is 14.8 Å². The van der Waals surface area contributed by atoms with Crippen LogP contribution >= 0.6 is 0 Å². The minimum absolute atomic E-state index is 0.160. The maximum absolute atomic E-state index is 13.2. The molecule has 1 atom stereocenters. The van der Waals surface area contributed by atoms with Crippen molar-refractivity contribution in [3.05, 3.63) is 54.4 Å². The summed E-state index contributed by atoms with van der Waals surface area (Å²) in [6.45, 7) is 1.88. The smallest absolute Gasteiger partial charge is 0.231 e. The lowest BCUT2D eigenvalue weighted by atomic mass is 9.96. The van der Waals surface area contributed by atoms with Gasteiger partial charge in [-0.15, -0.1) is 0 Å². The second kappa shape index (κ2) is 6.16. The molecule has 5 rings (SSSR count). The molecule has 2 aliphatic heterocycles. The van der Waals surface area contributed by atoms with E-state index in [9.17, 15) is 4.79 Å². The molecule has 2 aromatic heterocycles. The number of fused-ring (bicyclic) bond motifs is 4. The molecule has 0 aliphatic carbocycles. The molecule has 4 heterocycles. The van der Waals surface area contributed by atoms with E-state index >= 15 is 0 Å². The first-order chi connectivity index (χ1) is 12.8. The van der Waals surface area contributed by atoms with Crippen LogP contribution in [0, 0.1) is 0 Å². The van der Waals surface area contributed by atoms with Gasteiger partial charge in [-0.3, -0.25) is 4.79 Å². The average molecular weight is 346 g/mol. The van der Waals surface area contributed by atoms with Crippen LogP contribution in [0.25, 0.3) is 11.0 Å². The first-order valence-electron chi connectivity index (χ1n) is 9.38. The number of H-pyrrole nitrogens is 1. The van der Waals surface area contributed by atoms with Gasteiger partial charge in [0.2, 0.25) is 5.91 Å². The number of rotatable bonds is 2.